The summed E-state index contributed by atoms with van der Waals surface area (Å²) in [6.07, 6.45) is 2.43. The highest BCUT2D eigenvalue weighted by Crippen LogP contribution is 2.17. The van der Waals surface area contributed by atoms with Gasteiger partial charge in [-0.3, -0.25) is 0 Å². The highest BCUT2D eigenvalue weighted by atomic mass is 35.5. The quantitative estimate of drug-likeness (QED) is 0.755. The molecule has 6 heteroatoms. The van der Waals surface area contributed by atoms with E-state index in [2.05, 4.69) is 4.90 Å². The average Bonchev–Trinajstić information content (AvgIpc) is 2.98. The molecule has 1 aromatic carbocycles. The van der Waals surface area contributed by atoms with E-state index in [1.165, 1.54) is 17.1 Å². The number of rotatable bonds is 6. The maximum atomic E-state index is 12.5. The molecule has 0 aromatic heterocycles. The second kappa shape index (κ2) is 6.89. The van der Waals surface area contributed by atoms with Gasteiger partial charge in [0.25, 0.3) is 0 Å². The van der Waals surface area contributed by atoms with E-state index >= 15 is 0 Å². The molecule has 0 amide bonds. The number of nitrogens with zero attached hydrogens (tertiary/aromatic N) is 2. The Bertz CT molecular complexity index is 542. The molecule has 1 heterocycles. The lowest BCUT2D eigenvalue weighted by Gasteiger charge is -2.21. The molecule has 0 spiro atoms. The molecule has 2 rings (SSSR count). The molecule has 0 radical (unpaired) electrons. The van der Waals surface area contributed by atoms with Crippen LogP contribution in [-0.4, -0.2) is 50.8 Å². The summed E-state index contributed by atoms with van der Waals surface area (Å²) in [7, 11) is -1.78. The topological polar surface area (TPSA) is 40.6 Å². The highest BCUT2D eigenvalue weighted by molar-refractivity contribution is 7.89. The van der Waals surface area contributed by atoms with Gasteiger partial charge >= 0.3 is 0 Å². The summed E-state index contributed by atoms with van der Waals surface area (Å²) in [6.45, 7) is 3.48. The van der Waals surface area contributed by atoms with Gasteiger partial charge in [0.05, 0.1) is 4.90 Å². The lowest BCUT2D eigenvalue weighted by molar-refractivity contribution is 0.310. The van der Waals surface area contributed by atoms with Gasteiger partial charge in [-0.15, -0.1) is 11.6 Å². The van der Waals surface area contributed by atoms with E-state index in [4.69, 9.17) is 11.6 Å². The molecule has 20 heavy (non-hydrogen) atoms. The van der Waals surface area contributed by atoms with Crippen LogP contribution in [0.25, 0.3) is 0 Å². The largest absolute Gasteiger partial charge is 0.302 e. The molecule has 0 unspecified atom stereocenters. The molecule has 0 N–H and O–H groups in total. The molecule has 1 aliphatic heterocycles. The Labute approximate surface area is 126 Å². The van der Waals surface area contributed by atoms with Crippen LogP contribution in [0.15, 0.2) is 29.2 Å². The van der Waals surface area contributed by atoms with Crippen molar-refractivity contribution >= 4 is 21.6 Å². The van der Waals surface area contributed by atoms with Crippen molar-refractivity contribution in [3.8, 4) is 0 Å². The van der Waals surface area contributed by atoms with Gasteiger partial charge in [0.2, 0.25) is 10.0 Å². The van der Waals surface area contributed by atoms with Crippen molar-refractivity contribution in [1.82, 2.24) is 9.21 Å². The maximum Gasteiger partial charge on any atom is 0.242 e. The first-order valence-electron chi connectivity index (χ1n) is 6.87. The van der Waals surface area contributed by atoms with Crippen molar-refractivity contribution in [2.45, 2.75) is 23.6 Å². The third-order valence-electron chi connectivity index (χ3n) is 3.69. The predicted molar refractivity (Wildman–Crippen MR) is 81.5 cm³/mol. The van der Waals surface area contributed by atoms with Gasteiger partial charge < -0.3 is 4.90 Å². The van der Waals surface area contributed by atoms with Gasteiger partial charge in [-0.2, -0.15) is 4.31 Å². The summed E-state index contributed by atoms with van der Waals surface area (Å²) in [5.74, 6) is 0.320. The van der Waals surface area contributed by atoms with Crippen LogP contribution in [0.5, 0.6) is 0 Å². The van der Waals surface area contributed by atoms with Gasteiger partial charge in [0, 0.05) is 26.0 Å². The molecule has 1 saturated heterocycles. The SMILES string of the molecule is CN(CCN1CCCC1)S(=O)(=O)c1cccc(CCl)c1. The van der Waals surface area contributed by atoms with E-state index in [-0.39, 0.29) is 0 Å². The van der Waals surface area contributed by atoms with Crippen LogP contribution in [0.3, 0.4) is 0 Å². The van der Waals surface area contributed by atoms with Crippen molar-refractivity contribution in [1.29, 1.82) is 0 Å². The predicted octanol–water partition coefficient (Wildman–Crippen LogP) is 2.14. The van der Waals surface area contributed by atoms with Crippen LogP contribution in [0.4, 0.5) is 0 Å². The molecule has 1 aliphatic rings. The smallest absolute Gasteiger partial charge is 0.242 e. The Morgan fingerprint density at radius 3 is 2.65 bits per heavy atom. The molecule has 112 valence electrons. The van der Waals surface area contributed by atoms with Gasteiger partial charge in [0.15, 0.2) is 0 Å². The minimum atomic E-state index is -3.42. The number of likely N-dealkylation sites (tertiary alicyclic amines) is 1. The van der Waals surface area contributed by atoms with E-state index in [1.54, 1.807) is 25.2 Å². The molecule has 0 atom stereocenters. The van der Waals surface area contributed by atoms with Crippen LogP contribution in [0.1, 0.15) is 18.4 Å². The van der Waals surface area contributed by atoms with E-state index < -0.39 is 10.0 Å². The Hall–Kier alpha value is -0.620. The molecule has 0 bridgehead atoms. The minimum absolute atomic E-state index is 0.319. The fraction of sp³-hybridized carbons (Fsp3) is 0.571. The average molecular weight is 317 g/mol. The zero-order chi connectivity index (χ0) is 14.6. The maximum absolute atomic E-state index is 12.5. The van der Waals surface area contributed by atoms with Gasteiger partial charge in [0.1, 0.15) is 0 Å². The van der Waals surface area contributed by atoms with Crippen LogP contribution in [-0.2, 0) is 15.9 Å². The number of sulfonamides is 1. The van der Waals surface area contributed by atoms with Crippen LogP contribution in [0.2, 0.25) is 0 Å². The van der Waals surface area contributed by atoms with Crippen molar-refractivity contribution in [3.63, 3.8) is 0 Å². The standard InChI is InChI=1S/C14H21ClN2O2S/c1-16(9-10-17-7-2-3-8-17)20(18,19)14-6-4-5-13(11-14)12-15/h4-6,11H,2-3,7-10,12H2,1H3. The number of alkyl halides is 1. The highest BCUT2D eigenvalue weighted by Gasteiger charge is 2.22. The third kappa shape index (κ3) is 3.73. The molecule has 1 aromatic rings. The summed E-state index contributed by atoms with van der Waals surface area (Å²) in [6, 6.07) is 6.83. The summed E-state index contributed by atoms with van der Waals surface area (Å²) >= 11 is 5.76. The number of hydrogen-bond donors (Lipinski definition) is 0. The van der Waals surface area contributed by atoms with Crippen molar-refractivity contribution < 1.29 is 8.42 Å². The lowest BCUT2D eigenvalue weighted by atomic mass is 10.2. The first-order chi connectivity index (χ1) is 9.54. The first-order valence-corrected chi connectivity index (χ1v) is 8.85. The van der Waals surface area contributed by atoms with Gasteiger partial charge in [-0.05, 0) is 43.6 Å². The Kier molecular flexibility index (Phi) is 5.43. The van der Waals surface area contributed by atoms with Crippen LogP contribution >= 0.6 is 11.6 Å². The van der Waals surface area contributed by atoms with Crippen molar-refractivity contribution in [2.24, 2.45) is 0 Å². The van der Waals surface area contributed by atoms with E-state index in [1.807, 2.05) is 6.07 Å². The van der Waals surface area contributed by atoms with E-state index in [0.717, 1.165) is 25.2 Å². The number of likely N-dealkylation sites (N-methyl/N-ethyl adjacent to an activating group) is 1. The zero-order valence-corrected chi connectivity index (χ0v) is 13.3. The van der Waals surface area contributed by atoms with Gasteiger partial charge in [-0.1, -0.05) is 12.1 Å². The first kappa shape index (κ1) is 15.8. The monoisotopic (exact) mass is 316 g/mol. The Morgan fingerprint density at radius 1 is 1.30 bits per heavy atom. The number of halogens is 1. The normalized spacial score (nSPS) is 16.9. The summed E-state index contributed by atoms with van der Waals surface area (Å²) in [5, 5.41) is 0. The second-order valence-corrected chi connectivity index (χ2v) is 7.47. The Morgan fingerprint density at radius 2 is 2.00 bits per heavy atom. The summed E-state index contributed by atoms with van der Waals surface area (Å²) in [4.78, 5) is 2.63. The molecule has 1 fully saturated rings. The molecule has 0 aliphatic carbocycles. The third-order valence-corrected chi connectivity index (χ3v) is 5.85. The molecular formula is C14H21ClN2O2S. The minimum Gasteiger partial charge on any atom is -0.302 e. The van der Waals surface area contributed by atoms with Crippen molar-refractivity contribution in [2.75, 3.05) is 33.2 Å². The van der Waals surface area contributed by atoms with E-state index in [0.29, 0.717) is 17.3 Å². The zero-order valence-electron chi connectivity index (χ0n) is 11.8. The van der Waals surface area contributed by atoms with Crippen LogP contribution < -0.4 is 0 Å². The number of benzene rings is 1. The molecule has 0 saturated carbocycles. The van der Waals surface area contributed by atoms with Gasteiger partial charge in [-0.25, -0.2) is 8.42 Å². The summed E-state index contributed by atoms with van der Waals surface area (Å²) < 4.78 is 26.4. The number of hydrogen-bond acceptors (Lipinski definition) is 3. The Balaban J connectivity index is 2.03. The fourth-order valence-corrected chi connectivity index (χ4v) is 3.78. The summed E-state index contributed by atoms with van der Waals surface area (Å²) in [5.41, 5.74) is 0.820. The fourth-order valence-electron chi connectivity index (χ4n) is 2.38. The molecular weight excluding hydrogens is 296 g/mol. The van der Waals surface area contributed by atoms with Crippen molar-refractivity contribution in [3.05, 3.63) is 29.8 Å². The van der Waals surface area contributed by atoms with E-state index in [9.17, 15) is 8.42 Å². The second-order valence-electron chi connectivity index (χ2n) is 5.16. The molecule has 4 nitrogen and oxygen atoms in total. The van der Waals surface area contributed by atoms with Crippen LogP contribution in [0, 0.1) is 0 Å². The lowest BCUT2D eigenvalue weighted by Crippen LogP contribution is -2.35.